The molecule has 0 spiro atoms. The average molecular weight is 363 g/mol. The minimum absolute atomic E-state index is 0.219. The molecule has 2 heterocycles. The molecule has 6 nitrogen and oxygen atoms in total. The van der Waals surface area contributed by atoms with Crippen LogP contribution in [0, 0.1) is 13.8 Å². The zero-order valence-electron chi connectivity index (χ0n) is 16.5. The number of hydrazone groups is 1. The minimum Gasteiger partial charge on any atom is -0.357 e. The van der Waals surface area contributed by atoms with Gasteiger partial charge in [-0.05, 0) is 58.9 Å². The number of rotatable bonds is 5. The third-order valence-corrected chi connectivity index (χ3v) is 4.63. The van der Waals surface area contributed by atoms with Gasteiger partial charge in [0.1, 0.15) is 5.82 Å². The van der Waals surface area contributed by atoms with E-state index in [0.29, 0.717) is 17.1 Å². The molecule has 140 valence electrons. The molecule has 27 heavy (non-hydrogen) atoms. The Hall–Kier alpha value is -3.02. The van der Waals surface area contributed by atoms with Gasteiger partial charge in [0, 0.05) is 13.1 Å². The summed E-state index contributed by atoms with van der Waals surface area (Å²) in [4.78, 5) is 24.2. The summed E-state index contributed by atoms with van der Waals surface area (Å²) in [5, 5.41) is 5.79. The van der Waals surface area contributed by atoms with Gasteiger partial charge in [0.2, 0.25) is 0 Å². The van der Waals surface area contributed by atoms with Crippen LogP contribution in [0.15, 0.2) is 46.5 Å². The van der Waals surface area contributed by atoms with Crippen molar-refractivity contribution < 1.29 is 4.79 Å². The van der Waals surface area contributed by atoms with Crippen LogP contribution >= 0.6 is 0 Å². The Morgan fingerprint density at radius 1 is 1.00 bits per heavy atom. The van der Waals surface area contributed by atoms with E-state index in [9.17, 15) is 4.79 Å². The highest BCUT2D eigenvalue weighted by Gasteiger charge is 2.30. The van der Waals surface area contributed by atoms with Gasteiger partial charge in [-0.25, -0.2) is 9.98 Å². The van der Waals surface area contributed by atoms with Gasteiger partial charge >= 0.3 is 0 Å². The third-order valence-electron chi connectivity index (χ3n) is 4.63. The fourth-order valence-corrected chi connectivity index (χ4v) is 2.99. The molecule has 0 aliphatic carbocycles. The van der Waals surface area contributed by atoms with Crippen molar-refractivity contribution in [2.45, 2.75) is 34.6 Å². The number of aromatic nitrogens is 1. The summed E-state index contributed by atoms with van der Waals surface area (Å²) in [6, 6.07) is 11.6. The second-order valence-electron chi connectivity index (χ2n) is 6.54. The highest BCUT2D eigenvalue weighted by molar-refractivity contribution is 6.71. The molecular weight excluding hydrogens is 338 g/mol. The van der Waals surface area contributed by atoms with Crippen LogP contribution in [0.1, 0.15) is 32.0 Å². The predicted molar refractivity (Wildman–Crippen MR) is 111 cm³/mol. The van der Waals surface area contributed by atoms with Crippen LogP contribution in [0.3, 0.4) is 0 Å². The van der Waals surface area contributed by atoms with Crippen molar-refractivity contribution in [1.29, 1.82) is 0 Å². The van der Waals surface area contributed by atoms with Crippen molar-refractivity contribution in [3.63, 3.8) is 0 Å². The van der Waals surface area contributed by atoms with Gasteiger partial charge in [0.25, 0.3) is 5.91 Å². The average Bonchev–Trinajstić information content (AvgIpc) is 2.93. The first-order valence-corrected chi connectivity index (χ1v) is 9.22. The Morgan fingerprint density at radius 3 is 2.26 bits per heavy atom. The maximum atomic E-state index is 12.8. The van der Waals surface area contributed by atoms with Crippen LogP contribution in [-0.4, -0.2) is 35.4 Å². The Kier molecular flexibility index (Phi) is 5.35. The Balaban J connectivity index is 1.90. The standard InChI is InChI=1S/C21H25N5O/c1-6-25(7-2)19-13-12-18(15(4)22-19)23-20-16(5)24-26(21(20)27)17-10-8-14(3)9-11-17/h8-13H,6-7H2,1-5H3. The fraction of sp³-hybridized carbons (Fsp3) is 0.333. The van der Waals surface area contributed by atoms with E-state index in [1.165, 1.54) is 5.01 Å². The van der Waals surface area contributed by atoms with Crippen LogP contribution in [0.25, 0.3) is 0 Å². The van der Waals surface area contributed by atoms with Crippen LogP contribution in [-0.2, 0) is 4.79 Å². The lowest BCUT2D eigenvalue weighted by Crippen LogP contribution is -2.27. The first-order chi connectivity index (χ1) is 12.9. The van der Waals surface area contributed by atoms with Crippen molar-refractivity contribution in [2.75, 3.05) is 23.0 Å². The van der Waals surface area contributed by atoms with E-state index in [-0.39, 0.29) is 5.91 Å². The van der Waals surface area contributed by atoms with E-state index in [0.717, 1.165) is 35.9 Å². The molecule has 0 radical (unpaired) electrons. The number of hydrogen-bond acceptors (Lipinski definition) is 5. The van der Waals surface area contributed by atoms with E-state index in [4.69, 9.17) is 0 Å². The molecule has 3 rings (SSSR count). The topological polar surface area (TPSA) is 61.2 Å². The van der Waals surface area contributed by atoms with E-state index in [1.807, 2.05) is 50.2 Å². The van der Waals surface area contributed by atoms with E-state index < -0.39 is 0 Å². The summed E-state index contributed by atoms with van der Waals surface area (Å²) in [5.74, 6) is 0.703. The molecule has 1 aromatic carbocycles. The highest BCUT2D eigenvalue weighted by atomic mass is 16.2. The molecular formula is C21H25N5O. The molecule has 0 atom stereocenters. The Labute approximate surface area is 160 Å². The Morgan fingerprint density at radius 2 is 1.67 bits per heavy atom. The molecule has 0 unspecified atom stereocenters. The van der Waals surface area contributed by atoms with Gasteiger partial charge in [-0.1, -0.05) is 17.7 Å². The van der Waals surface area contributed by atoms with Gasteiger partial charge in [-0.2, -0.15) is 10.1 Å². The molecule has 1 amide bonds. The summed E-state index contributed by atoms with van der Waals surface area (Å²) in [7, 11) is 0. The van der Waals surface area contributed by atoms with E-state index >= 15 is 0 Å². The zero-order valence-corrected chi connectivity index (χ0v) is 16.5. The fourth-order valence-electron chi connectivity index (χ4n) is 2.99. The normalized spacial score (nSPS) is 15.4. The number of carbonyl (C=O) groups is 1. The number of anilines is 2. The van der Waals surface area contributed by atoms with Gasteiger partial charge in [0.15, 0.2) is 5.71 Å². The minimum atomic E-state index is -0.219. The second kappa shape index (κ2) is 7.70. The molecule has 0 saturated heterocycles. The number of hydrogen-bond donors (Lipinski definition) is 0. The van der Waals surface area contributed by atoms with Crippen molar-refractivity contribution >= 4 is 34.5 Å². The molecule has 0 saturated carbocycles. The van der Waals surface area contributed by atoms with Gasteiger partial charge in [-0.3, -0.25) is 4.79 Å². The van der Waals surface area contributed by atoms with Crippen molar-refractivity contribution in [2.24, 2.45) is 10.1 Å². The number of carbonyl (C=O) groups excluding carboxylic acids is 1. The maximum absolute atomic E-state index is 12.8. The number of aliphatic imine (C=N–C) groups is 1. The summed E-state index contributed by atoms with van der Waals surface area (Å²) >= 11 is 0. The number of amides is 1. The quantitative estimate of drug-likeness (QED) is 0.805. The number of pyridine rings is 1. The third kappa shape index (κ3) is 3.74. The summed E-state index contributed by atoms with van der Waals surface area (Å²) in [6.07, 6.45) is 0. The lowest BCUT2D eigenvalue weighted by atomic mass is 10.2. The van der Waals surface area contributed by atoms with Crippen LogP contribution in [0.2, 0.25) is 0 Å². The lowest BCUT2D eigenvalue weighted by molar-refractivity contribution is -0.112. The van der Waals surface area contributed by atoms with Crippen molar-refractivity contribution in [3.05, 3.63) is 47.7 Å². The molecule has 1 aliphatic rings. The highest BCUT2D eigenvalue weighted by Crippen LogP contribution is 2.25. The molecule has 0 fully saturated rings. The summed E-state index contributed by atoms with van der Waals surface area (Å²) in [6.45, 7) is 11.7. The van der Waals surface area contributed by atoms with Crippen molar-refractivity contribution in [3.8, 4) is 0 Å². The van der Waals surface area contributed by atoms with Crippen LogP contribution in [0.4, 0.5) is 17.2 Å². The molecule has 2 aromatic rings. The molecule has 1 aromatic heterocycles. The second-order valence-corrected chi connectivity index (χ2v) is 6.54. The SMILES string of the molecule is CCN(CC)c1ccc(N=C2C(=O)N(c3ccc(C)cc3)N=C2C)c(C)n1. The van der Waals surface area contributed by atoms with Crippen LogP contribution in [0.5, 0.6) is 0 Å². The first-order valence-electron chi connectivity index (χ1n) is 9.22. The molecule has 0 bridgehead atoms. The van der Waals surface area contributed by atoms with Crippen LogP contribution < -0.4 is 9.91 Å². The molecule has 6 heteroatoms. The smallest absolute Gasteiger partial charge is 0.299 e. The zero-order chi connectivity index (χ0) is 19.6. The molecule has 1 aliphatic heterocycles. The lowest BCUT2D eigenvalue weighted by Gasteiger charge is -2.20. The Bertz CT molecular complexity index is 911. The number of aryl methyl sites for hydroxylation is 2. The first kappa shape index (κ1) is 18.8. The van der Waals surface area contributed by atoms with Gasteiger partial charge < -0.3 is 4.90 Å². The monoisotopic (exact) mass is 363 g/mol. The summed E-state index contributed by atoms with van der Waals surface area (Å²) < 4.78 is 0. The van der Waals surface area contributed by atoms with Gasteiger partial charge in [0.05, 0.1) is 22.8 Å². The van der Waals surface area contributed by atoms with Gasteiger partial charge in [-0.15, -0.1) is 0 Å². The van der Waals surface area contributed by atoms with E-state index in [2.05, 4.69) is 33.8 Å². The molecule has 0 N–H and O–H groups in total. The van der Waals surface area contributed by atoms with Crippen molar-refractivity contribution in [1.82, 2.24) is 4.98 Å². The maximum Gasteiger partial charge on any atom is 0.299 e. The number of nitrogens with zero attached hydrogens (tertiary/aromatic N) is 5. The van der Waals surface area contributed by atoms with E-state index in [1.54, 1.807) is 6.92 Å². The largest absolute Gasteiger partial charge is 0.357 e. The summed E-state index contributed by atoms with van der Waals surface area (Å²) in [5.41, 5.74) is 4.32. The predicted octanol–water partition coefficient (Wildman–Crippen LogP) is 4.04. The number of benzene rings is 1.